The Kier molecular flexibility index (Phi) is 2.14. The van der Waals surface area contributed by atoms with Gasteiger partial charge in [0.05, 0.1) is 12.2 Å². The summed E-state index contributed by atoms with van der Waals surface area (Å²) in [5, 5.41) is 0. The minimum atomic E-state index is 0.370. The van der Waals surface area contributed by atoms with E-state index in [0.717, 1.165) is 5.92 Å². The summed E-state index contributed by atoms with van der Waals surface area (Å²) in [4.78, 5) is 0. The molecule has 2 fully saturated rings. The smallest absolute Gasteiger partial charge is 0.0701 e. The maximum atomic E-state index is 5.83. The lowest BCUT2D eigenvalue weighted by molar-refractivity contribution is -0.0648. The van der Waals surface area contributed by atoms with Crippen LogP contribution in [0.15, 0.2) is 0 Å². The average Bonchev–Trinajstić information content (AvgIpc) is 2.50. The number of hydrogen-bond acceptors (Lipinski definition) is 2. The zero-order chi connectivity index (χ0) is 7.68. The highest BCUT2D eigenvalue weighted by molar-refractivity contribution is 4.84. The maximum absolute atomic E-state index is 5.83. The van der Waals surface area contributed by atoms with E-state index >= 15 is 0 Å². The van der Waals surface area contributed by atoms with Gasteiger partial charge < -0.3 is 10.5 Å². The lowest BCUT2D eigenvalue weighted by atomic mass is 9.94. The molecule has 0 aromatic carbocycles. The first-order valence-corrected chi connectivity index (χ1v) is 4.75. The molecule has 0 aromatic heterocycles. The molecule has 1 saturated carbocycles. The molecule has 0 bridgehead atoms. The molecule has 1 aliphatic carbocycles. The van der Waals surface area contributed by atoms with Crippen molar-refractivity contribution >= 4 is 0 Å². The predicted octanol–water partition coefficient (Wildman–Crippen LogP) is 1.29. The van der Waals surface area contributed by atoms with Crippen molar-refractivity contribution in [3.8, 4) is 0 Å². The van der Waals surface area contributed by atoms with Gasteiger partial charge in [-0.25, -0.2) is 0 Å². The normalized spacial score (nSPS) is 43.9. The molecule has 11 heavy (non-hydrogen) atoms. The van der Waals surface area contributed by atoms with E-state index in [0.29, 0.717) is 18.8 Å². The maximum Gasteiger partial charge on any atom is 0.0701 e. The Morgan fingerprint density at radius 2 is 2.09 bits per heavy atom. The van der Waals surface area contributed by atoms with Crippen molar-refractivity contribution in [1.29, 1.82) is 0 Å². The summed E-state index contributed by atoms with van der Waals surface area (Å²) in [6.07, 6.45) is 7.52. The van der Waals surface area contributed by atoms with Crippen LogP contribution in [0, 0.1) is 5.92 Å². The van der Waals surface area contributed by atoms with E-state index in [1.165, 1.54) is 32.1 Å². The first-order valence-electron chi connectivity index (χ1n) is 4.75. The highest BCUT2D eigenvalue weighted by atomic mass is 16.5. The molecule has 2 N–H and O–H groups in total. The van der Waals surface area contributed by atoms with Crippen LogP contribution < -0.4 is 5.73 Å². The fourth-order valence-electron chi connectivity index (χ4n) is 2.40. The molecule has 2 heteroatoms. The van der Waals surface area contributed by atoms with E-state index in [1.54, 1.807) is 0 Å². The molecule has 64 valence electrons. The van der Waals surface area contributed by atoms with E-state index < -0.39 is 0 Å². The summed E-state index contributed by atoms with van der Waals surface area (Å²) < 4.78 is 5.83. The van der Waals surface area contributed by atoms with Crippen molar-refractivity contribution in [1.82, 2.24) is 0 Å². The largest absolute Gasteiger partial charge is 0.373 e. The van der Waals surface area contributed by atoms with Crippen molar-refractivity contribution < 1.29 is 4.74 Å². The van der Waals surface area contributed by atoms with Gasteiger partial charge in [0.1, 0.15) is 0 Å². The molecule has 0 aromatic rings. The highest BCUT2D eigenvalue weighted by Crippen LogP contribution is 2.36. The fraction of sp³-hybridized carbons (Fsp3) is 1.00. The second-order valence-electron chi connectivity index (χ2n) is 3.80. The molecule has 0 spiro atoms. The minimum absolute atomic E-state index is 0.370. The summed E-state index contributed by atoms with van der Waals surface area (Å²) >= 11 is 0. The number of hydrogen-bond donors (Lipinski definition) is 1. The number of fused-ring (bicyclic) bond motifs is 1. The standard InChI is InChI=1S/C9H17NO/c10-6-8-5-4-7-2-1-3-9(7)11-8/h7-9H,1-6,10H2. The number of rotatable bonds is 1. The van der Waals surface area contributed by atoms with Crippen molar-refractivity contribution in [3.63, 3.8) is 0 Å². The van der Waals surface area contributed by atoms with Gasteiger partial charge in [0.2, 0.25) is 0 Å². The summed E-state index contributed by atoms with van der Waals surface area (Å²) in [6, 6.07) is 0. The second kappa shape index (κ2) is 3.11. The van der Waals surface area contributed by atoms with Gasteiger partial charge in [0.25, 0.3) is 0 Å². The van der Waals surface area contributed by atoms with Crippen LogP contribution in [0.25, 0.3) is 0 Å². The van der Waals surface area contributed by atoms with Crippen LogP contribution in [0.4, 0.5) is 0 Å². The lowest BCUT2D eigenvalue weighted by Crippen LogP contribution is -2.36. The highest BCUT2D eigenvalue weighted by Gasteiger charge is 2.33. The van der Waals surface area contributed by atoms with Gasteiger partial charge in [-0.1, -0.05) is 6.42 Å². The quantitative estimate of drug-likeness (QED) is 0.619. The fourth-order valence-corrected chi connectivity index (χ4v) is 2.40. The molecule has 1 aliphatic heterocycles. The van der Waals surface area contributed by atoms with Crippen molar-refractivity contribution in [2.45, 2.75) is 44.3 Å². The Morgan fingerprint density at radius 1 is 1.18 bits per heavy atom. The third-order valence-electron chi connectivity index (χ3n) is 3.08. The minimum Gasteiger partial charge on any atom is -0.373 e. The van der Waals surface area contributed by atoms with Crippen LogP contribution in [0.1, 0.15) is 32.1 Å². The van der Waals surface area contributed by atoms with Gasteiger partial charge in [-0.3, -0.25) is 0 Å². The van der Waals surface area contributed by atoms with E-state index in [9.17, 15) is 0 Å². The van der Waals surface area contributed by atoms with Crippen LogP contribution in [-0.4, -0.2) is 18.8 Å². The third-order valence-corrected chi connectivity index (χ3v) is 3.08. The van der Waals surface area contributed by atoms with Crippen LogP contribution >= 0.6 is 0 Å². The Morgan fingerprint density at radius 3 is 2.91 bits per heavy atom. The molecule has 2 rings (SSSR count). The van der Waals surface area contributed by atoms with Crippen molar-refractivity contribution in [3.05, 3.63) is 0 Å². The molecule has 0 amide bonds. The zero-order valence-electron chi connectivity index (χ0n) is 6.96. The predicted molar refractivity (Wildman–Crippen MR) is 44.3 cm³/mol. The van der Waals surface area contributed by atoms with E-state index in [1.807, 2.05) is 0 Å². The molecular formula is C9H17NO. The molecule has 3 unspecified atom stereocenters. The van der Waals surface area contributed by atoms with Gasteiger partial charge in [-0.15, -0.1) is 0 Å². The Bertz CT molecular complexity index is 138. The molecule has 1 saturated heterocycles. The van der Waals surface area contributed by atoms with Gasteiger partial charge in [-0.05, 0) is 31.6 Å². The van der Waals surface area contributed by atoms with Gasteiger partial charge in [-0.2, -0.15) is 0 Å². The summed E-state index contributed by atoms with van der Waals surface area (Å²) in [7, 11) is 0. The van der Waals surface area contributed by atoms with Crippen LogP contribution in [-0.2, 0) is 4.74 Å². The van der Waals surface area contributed by atoms with Gasteiger partial charge in [0, 0.05) is 6.54 Å². The topological polar surface area (TPSA) is 35.2 Å². The van der Waals surface area contributed by atoms with Crippen LogP contribution in [0.2, 0.25) is 0 Å². The Balaban J connectivity index is 1.91. The van der Waals surface area contributed by atoms with Crippen molar-refractivity contribution in [2.24, 2.45) is 11.7 Å². The summed E-state index contributed by atoms with van der Waals surface area (Å²) in [5.74, 6) is 0.873. The second-order valence-corrected chi connectivity index (χ2v) is 3.80. The zero-order valence-corrected chi connectivity index (χ0v) is 6.96. The van der Waals surface area contributed by atoms with E-state index in [2.05, 4.69) is 0 Å². The molecule has 1 heterocycles. The average molecular weight is 155 g/mol. The number of nitrogens with two attached hydrogens (primary N) is 1. The number of ether oxygens (including phenoxy) is 1. The van der Waals surface area contributed by atoms with Crippen LogP contribution in [0.3, 0.4) is 0 Å². The SMILES string of the molecule is NCC1CCC2CCCC2O1. The molecule has 0 radical (unpaired) electrons. The molecule has 3 atom stereocenters. The first kappa shape index (κ1) is 7.56. The Hall–Kier alpha value is -0.0800. The van der Waals surface area contributed by atoms with Crippen molar-refractivity contribution in [2.75, 3.05) is 6.54 Å². The summed E-state index contributed by atoms with van der Waals surface area (Å²) in [6.45, 7) is 0.712. The first-order chi connectivity index (χ1) is 5.40. The molecule has 2 aliphatic rings. The summed E-state index contributed by atoms with van der Waals surface area (Å²) in [5.41, 5.74) is 5.56. The monoisotopic (exact) mass is 155 g/mol. The van der Waals surface area contributed by atoms with Crippen LogP contribution in [0.5, 0.6) is 0 Å². The van der Waals surface area contributed by atoms with Gasteiger partial charge in [0.15, 0.2) is 0 Å². The molecular weight excluding hydrogens is 138 g/mol. The third kappa shape index (κ3) is 1.42. The van der Waals surface area contributed by atoms with E-state index in [4.69, 9.17) is 10.5 Å². The van der Waals surface area contributed by atoms with Gasteiger partial charge >= 0.3 is 0 Å². The Labute approximate surface area is 68.1 Å². The molecule has 2 nitrogen and oxygen atoms in total. The van der Waals surface area contributed by atoms with E-state index in [-0.39, 0.29) is 0 Å². The lowest BCUT2D eigenvalue weighted by Gasteiger charge is -2.31.